The highest BCUT2D eigenvalue weighted by Gasteiger charge is 2.37. The molecule has 206 valence electrons. The summed E-state index contributed by atoms with van der Waals surface area (Å²) in [6.45, 7) is 5.78. The number of rotatable bonds is 9. The Balaban J connectivity index is 1.89. The molecule has 0 aromatic carbocycles. The van der Waals surface area contributed by atoms with Crippen molar-refractivity contribution in [2.24, 2.45) is 5.41 Å². The van der Waals surface area contributed by atoms with E-state index in [4.69, 9.17) is 14.2 Å². The largest absolute Gasteiger partial charge is 0.508 e. The number of nitrogens with one attached hydrogen (secondary N) is 2. The third-order valence-corrected chi connectivity index (χ3v) is 6.31. The minimum absolute atomic E-state index is 0.0757. The van der Waals surface area contributed by atoms with E-state index in [0.717, 1.165) is 32.1 Å². The summed E-state index contributed by atoms with van der Waals surface area (Å²) in [7, 11) is 1.17. The van der Waals surface area contributed by atoms with Gasteiger partial charge in [-0.25, -0.2) is 4.79 Å². The maximum Gasteiger partial charge on any atom is 0.508 e. The van der Waals surface area contributed by atoms with Crippen LogP contribution in [0, 0.1) is 5.41 Å². The lowest BCUT2D eigenvalue weighted by atomic mass is 9.94. The van der Waals surface area contributed by atoms with Crippen LogP contribution in [0.5, 0.6) is 0 Å². The predicted molar refractivity (Wildman–Crippen MR) is 130 cm³/mol. The monoisotopic (exact) mass is 514 g/mol. The van der Waals surface area contributed by atoms with E-state index in [-0.39, 0.29) is 24.5 Å². The number of hydrogen-bond acceptors (Lipinski definition) is 9. The van der Waals surface area contributed by atoms with Gasteiger partial charge in [0.05, 0.1) is 6.54 Å². The topological polar surface area (TPSA) is 164 Å². The van der Waals surface area contributed by atoms with Gasteiger partial charge < -0.3 is 40.2 Å². The third kappa shape index (κ3) is 9.68. The van der Waals surface area contributed by atoms with Crippen molar-refractivity contribution in [3.8, 4) is 0 Å². The molecule has 2 fully saturated rings. The van der Waals surface area contributed by atoms with Gasteiger partial charge in [0.2, 0.25) is 5.91 Å². The molecule has 11 heteroatoms. The molecule has 36 heavy (non-hydrogen) atoms. The minimum Gasteiger partial charge on any atom is -0.431 e. The van der Waals surface area contributed by atoms with Crippen molar-refractivity contribution >= 4 is 18.0 Å². The Hall–Kier alpha value is -2.21. The van der Waals surface area contributed by atoms with Crippen LogP contribution in [0.25, 0.3) is 0 Å². The summed E-state index contributed by atoms with van der Waals surface area (Å²) in [6.07, 6.45) is 0.331. The van der Waals surface area contributed by atoms with Crippen LogP contribution >= 0.6 is 0 Å². The Labute approximate surface area is 212 Å². The molecule has 2 amide bonds. The Kier molecular flexibility index (Phi) is 11.6. The number of methoxy groups -OCH3 is 1. The van der Waals surface area contributed by atoms with Crippen LogP contribution in [0.1, 0.15) is 65.7 Å². The number of ether oxygens (including phenoxy) is 3. The lowest BCUT2D eigenvalue weighted by molar-refractivity contribution is -0.150. The second-order valence-electron chi connectivity index (χ2n) is 10.6. The van der Waals surface area contributed by atoms with Gasteiger partial charge in [0.25, 0.3) is 5.91 Å². The van der Waals surface area contributed by atoms with Crippen molar-refractivity contribution < 1.29 is 43.9 Å². The summed E-state index contributed by atoms with van der Waals surface area (Å²) in [5.41, 5.74) is -0.259. The molecular weight excluding hydrogens is 472 g/mol. The van der Waals surface area contributed by atoms with Crippen LogP contribution in [0.3, 0.4) is 0 Å². The number of carbonyl (C=O) groups is 3. The zero-order chi connectivity index (χ0) is 26.9. The Bertz CT molecular complexity index is 761. The van der Waals surface area contributed by atoms with Crippen LogP contribution in [0.2, 0.25) is 0 Å². The second-order valence-corrected chi connectivity index (χ2v) is 10.6. The van der Waals surface area contributed by atoms with Crippen LogP contribution < -0.4 is 10.6 Å². The van der Waals surface area contributed by atoms with E-state index in [1.807, 2.05) is 20.8 Å². The zero-order valence-corrected chi connectivity index (χ0v) is 21.6. The van der Waals surface area contributed by atoms with Gasteiger partial charge in [-0.2, -0.15) is 0 Å². The van der Waals surface area contributed by atoms with Gasteiger partial charge >= 0.3 is 6.16 Å². The van der Waals surface area contributed by atoms with Crippen molar-refractivity contribution in [3.63, 3.8) is 0 Å². The number of aliphatic hydroxyl groups excluding tert-OH is 3. The number of aliphatic hydroxyl groups is 3. The summed E-state index contributed by atoms with van der Waals surface area (Å²) in [5, 5.41) is 36.1. The van der Waals surface area contributed by atoms with Crippen molar-refractivity contribution in [2.75, 3.05) is 13.7 Å². The molecule has 1 aliphatic carbocycles. The molecule has 2 rings (SSSR count). The summed E-state index contributed by atoms with van der Waals surface area (Å²) in [4.78, 5) is 37.4. The highest BCUT2D eigenvalue weighted by Crippen LogP contribution is 2.21. The fraction of sp³-hybridized carbons (Fsp3) is 0.800. The third-order valence-electron chi connectivity index (χ3n) is 6.31. The van der Waals surface area contributed by atoms with Gasteiger partial charge in [-0.05, 0) is 43.9 Å². The molecule has 1 aliphatic heterocycles. The molecule has 0 aromatic rings. The van der Waals surface area contributed by atoms with Crippen LogP contribution in [0.4, 0.5) is 4.79 Å². The van der Waals surface area contributed by atoms with Crippen molar-refractivity contribution in [2.45, 2.75) is 108 Å². The predicted octanol–water partition coefficient (Wildman–Crippen LogP) is 0.936. The van der Waals surface area contributed by atoms with Gasteiger partial charge in [-0.15, -0.1) is 0 Å². The Morgan fingerprint density at radius 1 is 1.00 bits per heavy atom. The van der Waals surface area contributed by atoms with Crippen LogP contribution in [-0.2, 0) is 23.8 Å². The van der Waals surface area contributed by atoms with Gasteiger partial charge in [0, 0.05) is 7.11 Å². The van der Waals surface area contributed by atoms with E-state index in [1.165, 1.54) is 13.2 Å². The number of hydrogen-bond donors (Lipinski definition) is 5. The molecule has 6 atom stereocenters. The smallest absolute Gasteiger partial charge is 0.431 e. The first kappa shape index (κ1) is 30.0. The maximum absolute atomic E-state index is 12.8. The molecule has 11 nitrogen and oxygen atoms in total. The molecule has 2 aliphatic rings. The zero-order valence-electron chi connectivity index (χ0n) is 21.6. The number of amides is 2. The van der Waals surface area contributed by atoms with E-state index < -0.39 is 54.5 Å². The average molecular weight is 515 g/mol. The summed E-state index contributed by atoms with van der Waals surface area (Å²) in [6, 6.07) is -0.965. The summed E-state index contributed by atoms with van der Waals surface area (Å²) in [5.74, 6) is -1.31. The molecule has 5 N–H and O–H groups in total. The molecule has 1 saturated carbocycles. The average Bonchev–Trinajstić information content (AvgIpc) is 2.98. The van der Waals surface area contributed by atoms with E-state index in [1.54, 1.807) is 6.08 Å². The molecule has 0 aromatic heterocycles. The maximum atomic E-state index is 12.8. The normalized spacial score (nSPS) is 25.2. The van der Waals surface area contributed by atoms with E-state index >= 15 is 0 Å². The van der Waals surface area contributed by atoms with E-state index in [9.17, 15) is 29.7 Å². The van der Waals surface area contributed by atoms with Crippen LogP contribution in [-0.4, -0.2) is 89.6 Å². The molecule has 0 spiro atoms. The highest BCUT2D eigenvalue weighted by atomic mass is 16.7. The summed E-state index contributed by atoms with van der Waals surface area (Å²) < 4.78 is 15.8. The molecular formula is C25H42N2O9. The molecule has 1 saturated heterocycles. The minimum atomic E-state index is -1.76. The van der Waals surface area contributed by atoms with Gasteiger partial charge in [-0.1, -0.05) is 39.3 Å². The van der Waals surface area contributed by atoms with Crippen molar-refractivity contribution in [3.05, 3.63) is 12.2 Å². The van der Waals surface area contributed by atoms with E-state index in [2.05, 4.69) is 10.6 Å². The van der Waals surface area contributed by atoms with Crippen molar-refractivity contribution in [1.82, 2.24) is 10.6 Å². The first-order valence-electron chi connectivity index (χ1n) is 12.6. The van der Waals surface area contributed by atoms with Crippen LogP contribution in [0.15, 0.2) is 12.2 Å². The molecule has 1 heterocycles. The molecule has 0 radical (unpaired) electrons. The standard InChI is InChI=1S/C25H42N2O9/c1-25(2,3)13-12-18(28)19(29)20(30)21(34-4)23(32)27-17-11-10-16(14-26-22(17)31)36-24(33)35-15-8-6-5-7-9-15/h12-13,15-21,28-30H,5-11,14H2,1-4H3,(H,26,31)(H,27,32)/b13-12+/t16-,17+,18-,19+,20-,21-/m1/s1. The first-order chi connectivity index (χ1) is 16.9. The first-order valence-corrected chi connectivity index (χ1v) is 12.6. The second kappa shape index (κ2) is 13.9. The van der Waals surface area contributed by atoms with E-state index in [0.29, 0.717) is 6.42 Å². The highest BCUT2D eigenvalue weighted by molar-refractivity contribution is 5.89. The SMILES string of the molecule is CO[C@@H](C(=O)N[C@H]1CC[C@@H](OC(=O)OC2CCCCC2)CNC1=O)[C@H](O)[C@@H](O)[C@H](O)/C=C/C(C)(C)C. The molecule has 0 unspecified atom stereocenters. The van der Waals surface area contributed by atoms with Crippen molar-refractivity contribution in [1.29, 1.82) is 0 Å². The van der Waals surface area contributed by atoms with Gasteiger partial charge in [0.1, 0.15) is 36.6 Å². The summed E-state index contributed by atoms with van der Waals surface area (Å²) >= 11 is 0. The molecule has 0 bridgehead atoms. The lowest BCUT2D eigenvalue weighted by Gasteiger charge is -2.28. The van der Waals surface area contributed by atoms with Gasteiger partial charge in [-0.3, -0.25) is 9.59 Å². The Morgan fingerprint density at radius 2 is 1.64 bits per heavy atom. The van der Waals surface area contributed by atoms with Gasteiger partial charge in [0.15, 0.2) is 6.10 Å². The number of carbonyl (C=O) groups excluding carboxylic acids is 3. The lowest BCUT2D eigenvalue weighted by Crippen LogP contribution is -2.55. The quantitative estimate of drug-likeness (QED) is 0.222. The Morgan fingerprint density at radius 3 is 2.25 bits per heavy atom. The fourth-order valence-corrected chi connectivity index (χ4v) is 4.18. The fourth-order valence-electron chi connectivity index (χ4n) is 4.18. The number of allylic oxidation sites excluding steroid dienone is 1.